The van der Waals surface area contributed by atoms with Gasteiger partial charge in [-0.2, -0.15) is 13.2 Å². The van der Waals surface area contributed by atoms with E-state index in [1.165, 1.54) is 13.2 Å². The van der Waals surface area contributed by atoms with Crippen molar-refractivity contribution in [2.24, 2.45) is 5.73 Å². The molecule has 0 amide bonds. The number of thiocarbonyl (C=S) groups is 1. The molecular weight excluding hydrogens is 251 g/mol. The molecule has 1 rings (SSSR count). The predicted molar refractivity (Wildman–Crippen MR) is 63.1 cm³/mol. The molecule has 2 nitrogen and oxygen atoms in total. The Labute approximate surface area is 103 Å². The summed E-state index contributed by atoms with van der Waals surface area (Å²) >= 11 is 4.72. The van der Waals surface area contributed by atoms with E-state index in [1.54, 1.807) is 0 Å². The Morgan fingerprint density at radius 3 is 2.53 bits per heavy atom. The molecule has 0 aliphatic carbocycles. The Morgan fingerprint density at radius 2 is 2.06 bits per heavy atom. The molecule has 0 aliphatic heterocycles. The standard InChI is InChI=1S/C11H12F3NOS/c1-16-9-6-8(11(12,13)14)4-2-7(9)3-5-10(15)17/h2,4,6H,3,5H2,1H3,(H2,15,17). The third kappa shape index (κ3) is 3.89. The van der Waals surface area contributed by atoms with Crippen LogP contribution in [0.15, 0.2) is 18.2 Å². The van der Waals surface area contributed by atoms with E-state index in [-0.39, 0.29) is 5.75 Å². The number of nitrogens with two attached hydrogens (primary N) is 1. The van der Waals surface area contributed by atoms with E-state index >= 15 is 0 Å². The highest BCUT2D eigenvalue weighted by Crippen LogP contribution is 2.33. The number of rotatable bonds is 4. The van der Waals surface area contributed by atoms with Gasteiger partial charge in [0.05, 0.1) is 17.7 Å². The van der Waals surface area contributed by atoms with E-state index in [9.17, 15) is 13.2 Å². The topological polar surface area (TPSA) is 35.2 Å². The van der Waals surface area contributed by atoms with Crippen LogP contribution in [0.25, 0.3) is 0 Å². The molecular formula is C11H12F3NOS. The summed E-state index contributed by atoms with van der Waals surface area (Å²) in [6.07, 6.45) is -3.46. The van der Waals surface area contributed by atoms with Crippen LogP contribution in [0.4, 0.5) is 13.2 Å². The van der Waals surface area contributed by atoms with Gasteiger partial charge in [-0.3, -0.25) is 0 Å². The lowest BCUT2D eigenvalue weighted by Crippen LogP contribution is -2.10. The Bertz CT molecular complexity index is 418. The van der Waals surface area contributed by atoms with Gasteiger partial charge >= 0.3 is 6.18 Å². The summed E-state index contributed by atoms with van der Waals surface area (Å²) in [6.45, 7) is 0. The van der Waals surface area contributed by atoms with Gasteiger partial charge in [-0.25, -0.2) is 0 Å². The Kier molecular flexibility index (Phi) is 4.34. The first-order chi connectivity index (χ1) is 7.84. The zero-order valence-electron chi connectivity index (χ0n) is 9.17. The quantitative estimate of drug-likeness (QED) is 0.848. The molecule has 0 aliphatic rings. The first-order valence-electron chi connectivity index (χ1n) is 4.87. The van der Waals surface area contributed by atoms with Crippen LogP contribution < -0.4 is 10.5 Å². The van der Waals surface area contributed by atoms with Gasteiger partial charge in [0.1, 0.15) is 5.75 Å². The van der Waals surface area contributed by atoms with Gasteiger partial charge < -0.3 is 10.5 Å². The van der Waals surface area contributed by atoms with Crippen molar-refractivity contribution >= 4 is 17.2 Å². The first-order valence-corrected chi connectivity index (χ1v) is 5.28. The summed E-state index contributed by atoms with van der Waals surface area (Å²) in [5, 5.41) is 0. The van der Waals surface area contributed by atoms with Gasteiger partial charge in [-0.1, -0.05) is 18.3 Å². The summed E-state index contributed by atoms with van der Waals surface area (Å²) in [6, 6.07) is 3.40. The molecule has 0 saturated carbocycles. The van der Waals surface area contributed by atoms with Crippen LogP contribution in [-0.4, -0.2) is 12.1 Å². The second kappa shape index (κ2) is 5.35. The molecule has 17 heavy (non-hydrogen) atoms. The highest BCUT2D eigenvalue weighted by atomic mass is 32.1. The van der Waals surface area contributed by atoms with Crippen molar-refractivity contribution in [3.63, 3.8) is 0 Å². The summed E-state index contributed by atoms with van der Waals surface area (Å²) in [5.41, 5.74) is 5.27. The van der Waals surface area contributed by atoms with Gasteiger partial charge in [0.25, 0.3) is 0 Å². The SMILES string of the molecule is COc1cc(C(F)(F)F)ccc1CCC(N)=S. The van der Waals surface area contributed by atoms with Gasteiger partial charge in [0.2, 0.25) is 0 Å². The van der Waals surface area contributed by atoms with Gasteiger partial charge in [0, 0.05) is 6.42 Å². The molecule has 2 N–H and O–H groups in total. The fraction of sp³-hybridized carbons (Fsp3) is 0.364. The highest BCUT2D eigenvalue weighted by Gasteiger charge is 2.31. The first kappa shape index (κ1) is 13.8. The van der Waals surface area contributed by atoms with Crippen molar-refractivity contribution in [1.82, 2.24) is 0 Å². The van der Waals surface area contributed by atoms with E-state index in [2.05, 4.69) is 0 Å². The maximum absolute atomic E-state index is 12.5. The molecule has 94 valence electrons. The van der Waals surface area contributed by atoms with Crippen molar-refractivity contribution in [2.45, 2.75) is 19.0 Å². The summed E-state index contributed by atoms with van der Waals surface area (Å²) in [7, 11) is 1.33. The molecule has 0 fully saturated rings. The molecule has 0 heterocycles. The molecule has 6 heteroatoms. The number of hydrogen-bond acceptors (Lipinski definition) is 2. The van der Waals surface area contributed by atoms with Crippen molar-refractivity contribution in [2.75, 3.05) is 7.11 Å². The second-order valence-electron chi connectivity index (χ2n) is 3.49. The normalized spacial score (nSPS) is 11.3. The van der Waals surface area contributed by atoms with E-state index in [0.29, 0.717) is 23.4 Å². The largest absolute Gasteiger partial charge is 0.496 e. The Hall–Kier alpha value is -1.30. The average molecular weight is 263 g/mol. The summed E-state index contributed by atoms with van der Waals surface area (Å²) < 4.78 is 42.3. The van der Waals surface area contributed by atoms with E-state index in [1.807, 2.05) is 0 Å². The van der Waals surface area contributed by atoms with Crippen LogP contribution in [0.1, 0.15) is 17.5 Å². The Morgan fingerprint density at radius 1 is 1.41 bits per heavy atom. The Balaban J connectivity index is 2.97. The van der Waals surface area contributed by atoms with Crippen molar-refractivity contribution in [1.29, 1.82) is 0 Å². The van der Waals surface area contributed by atoms with Crippen LogP contribution in [0.5, 0.6) is 5.75 Å². The van der Waals surface area contributed by atoms with E-state index in [4.69, 9.17) is 22.7 Å². The van der Waals surface area contributed by atoms with Crippen LogP contribution in [0, 0.1) is 0 Å². The highest BCUT2D eigenvalue weighted by molar-refractivity contribution is 7.80. The number of ether oxygens (including phenoxy) is 1. The number of hydrogen-bond donors (Lipinski definition) is 1. The number of alkyl halides is 3. The average Bonchev–Trinajstić information content (AvgIpc) is 2.24. The smallest absolute Gasteiger partial charge is 0.416 e. The molecule has 1 aromatic carbocycles. The molecule has 0 saturated heterocycles. The zero-order valence-corrected chi connectivity index (χ0v) is 9.99. The van der Waals surface area contributed by atoms with E-state index < -0.39 is 11.7 Å². The van der Waals surface area contributed by atoms with Gasteiger partial charge in [-0.15, -0.1) is 0 Å². The number of methoxy groups -OCH3 is 1. The van der Waals surface area contributed by atoms with Crippen molar-refractivity contribution in [3.05, 3.63) is 29.3 Å². The third-order valence-corrected chi connectivity index (χ3v) is 2.46. The summed E-state index contributed by atoms with van der Waals surface area (Å²) in [4.78, 5) is 0.326. The molecule has 0 radical (unpaired) electrons. The second-order valence-corrected chi connectivity index (χ2v) is 4.02. The monoisotopic (exact) mass is 263 g/mol. The zero-order chi connectivity index (χ0) is 13.1. The number of benzene rings is 1. The molecule has 0 unspecified atom stereocenters. The molecule has 0 bridgehead atoms. The number of halogens is 3. The van der Waals surface area contributed by atoms with E-state index in [0.717, 1.165) is 12.1 Å². The predicted octanol–water partition coefficient (Wildman–Crippen LogP) is 2.93. The van der Waals surface area contributed by atoms with Crippen LogP contribution >= 0.6 is 12.2 Å². The molecule has 1 aromatic rings. The molecule has 0 aromatic heterocycles. The van der Waals surface area contributed by atoms with Crippen molar-refractivity contribution in [3.8, 4) is 5.75 Å². The van der Waals surface area contributed by atoms with Crippen LogP contribution in [0.3, 0.4) is 0 Å². The fourth-order valence-corrected chi connectivity index (χ4v) is 1.49. The van der Waals surface area contributed by atoms with Gasteiger partial charge in [-0.05, 0) is 24.1 Å². The lowest BCUT2D eigenvalue weighted by molar-refractivity contribution is -0.137. The fourth-order valence-electron chi connectivity index (χ4n) is 1.39. The van der Waals surface area contributed by atoms with Crippen LogP contribution in [-0.2, 0) is 12.6 Å². The maximum Gasteiger partial charge on any atom is 0.416 e. The van der Waals surface area contributed by atoms with Crippen LogP contribution in [0.2, 0.25) is 0 Å². The minimum Gasteiger partial charge on any atom is -0.496 e. The summed E-state index contributed by atoms with van der Waals surface area (Å²) in [5.74, 6) is 0.205. The molecule has 0 spiro atoms. The minimum absolute atomic E-state index is 0.205. The maximum atomic E-state index is 12.5. The van der Waals surface area contributed by atoms with Crippen molar-refractivity contribution < 1.29 is 17.9 Å². The third-order valence-electron chi connectivity index (χ3n) is 2.26. The molecule has 0 atom stereocenters. The minimum atomic E-state index is -4.37. The lowest BCUT2D eigenvalue weighted by Gasteiger charge is -2.12. The van der Waals surface area contributed by atoms with Gasteiger partial charge in [0.15, 0.2) is 0 Å². The lowest BCUT2D eigenvalue weighted by atomic mass is 10.1. The number of aryl methyl sites for hydroxylation is 1.